The Labute approximate surface area is 103 Å². The Morgan fingerprint density at radius 3 is 2.72 bits per heavy atom. The number of carboxylic acid groups (broad SMARTS) is 1. The molecule has 2 atom stereocenters. The monoisotopic (exact) mass is 254 g/mol. The lowest BCUT2D eigenvalue weighted by molar-refractivity contribution is 0.0649. The lowest BCUT2D eigenvalue weighted by Gasteiger charge is -2.27. The average molecular weight is 254 g/mol. The zero-order valence-corrected chi connectivity index (χ0v) is 9.63. The van der Waals surface area contributed by atoms with Crippen LogP contribution < -0.4 is 5.32 Å². The normalized spacial score (nSPS) is 23.6. The average Bonchev–Trinajstić information content (AvgIpc) is 2.81. The van der Waals surface area contributed by atoms with E-state index in [0.29, 0.717) is 12.8 Å². The molecule has 2 unspecified atom stereocenters. The van der Waals surface area contributed by atoms with Gasteiger partial charge in [0.1, 0.15) is 0 Å². The number of hydrogen-bond donors (Lipinski definition) is 3. The van der Waals surface area contributed by atoms with Crippen LogP contribution >= 0.6 is 0 Å². The second-order valence-electron chi connectivity index (χ2n) is 4.31. The van der Waals surface area contributed by atoms with E-state index in [-0.39, 0.29) is 17.5 Å². The van der Waals surface area contributed by atoms with Crippen LogP contribution in [0.5, 0.6) is 0 Å². The molecular weight excluding hydrogens is 240 g/mol. The van der Waals surface area contributed by atoms with Crippen LogP contribution in [-0.4, -0.2) is 39.4 Å². The first kappa shape index (κ1) is 12.6. The molecule has 1 heterocycles. The van der Waals surface area contributed by atoms with Crippen LogP contribution in [0, 0.1) is 0 Å². The highest BCUT2D eigenvalue weighted by molar-refractivity contribution is 5.94. The number of amides is 1. The van der Waals surface area contributed by atoms with Crippen LogP contribution in [0.15, 0.2) is 10.6 Å². The number of carbonyl (C=O) groups is 2. The zero-order chi connectivity index (χ0) is 13.1. The van der Waals surface area contributed by atoms with Gasteiger partial charge in [0, 0.05) is 6.07 Å². The molecule has 1 fully saturated rings. The number of aromatic carboxylic acids is 1. The maximum atomic E-state index is 11.8. The summed E-state index contributed by atoms with van der Waals surface area (Å²) in [5.41, 5.74) is -0.0924. The van der Waals surface area contributed by atoms with Crippen molar-refractivity contribution in [2.24, 2.45) is 0 Å². The Kier molecular flexibility index (Phi) is 3.61. The second kappa shape index (κ2) is 5.18. The molecular formula is C11H14N2O5. The summed E-state index contributed by atoms with van der Waals surface area (Å²) in [6.07, 6.45) is 2.69. The molecule has 1 aromatic rings. The molecule has 1 aromatic heterocycles. The minimum absolute atomic E-state index is 0.0924. The largest absolute Gasteiger partial charge is 0.475 e. The van der Waals surface area contributed by atoms with Gasteiger partial charge in [0.15, 0.2) is 5.69 Å². The van der Waals surface area contributed by atoms with Gasteiger partial charge < -0.3 is 20.1 Å². The quantitative estimate of drug-likeness (QED) is 0.720. The number of rotatable bonds is 3. The fraction of sp³-hybridized carbons (Fsp3) is 0.545. The second-order valence-corrected chi connectivity index (χ2v) is 4.31. The van der Waals surface area contributed by atoms with Crippen molar-refractivity contribution < 1.29 is 24.3 Å². The smallest absolute Gasteiger partial charge is 0.374 e. The number of nitrogens with one attached hydrogen (secondary N) is 1. The topological polar surface area (TPSA) is 113 Å². The van der Waals surface area contributed by atoms with Crippen LogP contribution in [0.4, 0.5) is 0 Å². The molecule has 0 bridgehead atoms. The molecule has 3 N–H and O–H groups in total. The number of nitrogens with zero attached hydrogens (tertiary/aromatic N) is 1. The summed E-state index contributed by atoms with van der Waals surface area (Å²) in [4.78, 5) is 22.3. The number of aromatic nitrogens is 1. The zero-order valence-electron chi connectivity index (χ0n) is 9.63. The summed E-state index contributed by atoms with van der Waals surface area (Å²) in [7, 11) is 0. The lowest BCUT2D eigenvalue weighted by atomic mass is 9.92. The van der Waals surface area contributed by atoms with Crippen molar-refractivity contribution in [1.29, 1.82) is 0 Å². The van der Waals surface area contributed by atoms with Crippen LogP contribution in [0.1, 0.15) is 46.7 Å². The molecule has 0 radical (unpaired) electrons. The van der Waals surface area contributed by atoms with Gasteiger partial charge in [-0.15, -0.1) is 0 Å². The predicted molar refractivity (Wildman–Crippen MR) is 59.2 cm³/mol. The third-order valence-electron chi connectivity index (χ3n) is 3.00. The van der Waals surface area contributed by atoms with E-state index >= 15 is 0 Å². The van der Waals surface area contributed by atoms with E-state index in [1.807, 2.05) is 0 Å². The highest BCUT2D eigenvalue weighted by Crippen LogP contribution is 2.18. The number of carbonyl (C=O) groups excluding carboxylic acids is 1. The molecule has 18 heavy (non-hydrogen) atoms. The van der Waals surface area contributed by atoms with E-state index in [0.717, 1.165) is 18.9 Å². The van der Waals surface area contributed by atoms with Gasteiger partial charge in [-0.1, -0.05) is 18.0 Å². The predicted octanol–water partition coefficient (Wildman–Crippen LogP) is 0.406. The van der Waals surface area contributed by atoms with Crippen molar-refractivity contribution in [3.63, 3.8) is 0 Å². The molecule has 0 saturated heterocycles. The maximum Gasteiger partial charge on any atom is 0.374 e. The molecule has 1 aliphatic rings. The first-order valence-electron chi connectivity index (χ1n) is 5.77. The highest BCUT2D eigenvalue weighted by atomic mass is 16.5. The van der Waals surface area contributed by atoms with Crippen molar-refractivity contribution in [2.75, 3.05) is 0 Å². The summed E-state index contributed by atoms with van der Waals surface area (Å²) in [6, 6.07) is 0.753. The van der Waals surface area contributed by atoms with E-state index in [1.165, 1.54) is 0 Å². The van der Waals surface area contributed by atoms with E-state index < -0.39 is 18.0 Å². The standard InChI is InChI=1S/C11H14N2O5/c14-8-4-2-1-3-6(8)12-10(15)7-5-9(11(16)17)18-13-7/h5-6,8,14H,1-4H2,(H,12,15)(H,16,17). The van der Waals surface area contributed by atoms with Crippen LogP contribution in [0.25, 0.3) is 0 Å². The van der Waals surface area contributed by atoms with Gasteiger partial charge in [-0.2, -0.15) is 0 Å². The van der Waals surface area contributed by atoms with Gasteiger partial charge in [-0.3, -0.25) is 4.79 Å². The Morgan fingerprint density at radius 2 is 2.11 bits per heavy atom. The molecule has 0 aromatic carbocycles. The minimum atomic E-state index is -1.28. The molecule has 1 aliphatic carbocycles. The summed E-state index contributed by atoms with van der Waals surface area (Å²) in [5.74, 6) is -2.19. The first-order chi connectivity index (χ1) is 8.58. The number of carboxylic acids is 1. The summed E-state index contributed by atoms with van der Waals surface area (Å²) < 4.78 is 4.49. The van der Waals surface area contributed by atoms with Crippen molar-refractivity contribution >= 4 is 11.9 Å². The Morgan fingerprint density at radius 1 is 1.39 bits per heavy atom. The van der Waals surface area contributed by atoms with Crippen LogP contribution in [0.2, 0.25) is 0 Å². The third kappa shape index (κ3) is 2.67. The molecule has 1 saturated carbocycles. The van der Waals surface area contributed by atoms with Gasteiger partial charge in [-0.05, 0) is 12.8 Å². The van der Waals surface area contributed by atoms with Gasteiger partial charge in [0.05, 0.1) is 12.1 Å². The van der Waals surface area contributed by atoms with Crippen LogP contribution in [0.3, 0.4) is 0 Å². The van der Waals surface area contributed by atoms with Gasteiger partial charge in [-0.25, -0.2) is 4.79 Å². The van der Waals surface area contributed by atoms with E-state index in [2.05, 4.69) is 15.0 Å². The van der Waals surface area contributed by atoms with Gasteiger partial charge in [0.25, 0.3) is 5.91 Å². The molecule has 98 valence electrons. The summed E-state index contributed by atoms with van der Waals surface area (Å²) in [6.45, 7) is 0. The minimum Gasteiger partial charge on any atom is -0.475 e. The fourth-order valence-electron chi connectivity index (χ4n) is 2.01. The SMILES string of the molecule is O=C(NC1CCCCC1O)c1cc(C(=O)O)on1. The van der Waals surface area contributed by atoms with E-state index in [4.69, 9.17) is 5.11 Å². The summed E-state index contributed by atoms with van der Waals surface area (Å²) >= 11 is 0. The molecule has 1 amide bonds. The number of hydrogen-bond acceptors (Lipinski definition) is 5. The van der Waals surface area contributed by atoms with E-state index in [9.17, 15) is 14.7 Å². The Bertz CT molecular complexity index is 456. The number of aliphatic hydroxyl groups excluding tert-OH is 1. The van der Waals surface area contributed by atoms with Crippen molar-refractivity contribution in [3.8, 4) is 0 Å². The maximum absolute atomic E-state index is 11.8. The molecule has 7 heteroatoms. The highest BCUT2D eigenvalue weighted by Gasteiger charge is 2.26. The summed E-state index contributed by atoms with van der Waals surface area (Å²) in [5, 5.41) is 24.4. The molecule has 0 aliphatic heterocycles. The third-order valence-corrected chi connectivity index (χ3v) is 3.00. The van der Waals surface area contributed by atoms with Crippen molar-refractivity contribution in [1.82, 2.24) is 10.5 Å². The van der Waals surface area contributed by atoms with Gasteiger partial charge in [0.2, 0.25) is 5.76 Å². The molecule has 7 nitrogen and oxygen atoms in total. The number of aliphatic hydroxyl groups is 1. The van der Waals surface area contributed by atoms with Crippen molar-refractivity contribution in [2.45, 2.75) is 37.8 Å². The first-order valence-corrected chi connectivity index (χ1v) is 5.77. The lowest BCUT2D eigenvalue weighted by Crippen LogP contribution is -2.45. The Balaban J connectivity index is 2.00. The fourth-order valence-corrected chi connectivity index (χ4v) is 2.01. The van der Waals surface area contributed by atoms with E-state index in [1.54, 1.807) is 0 Å². The molecule has 0 spiro atoms. The molecule has 2 rings (SSSR count). The van der Waals surface area contributed by atoms with Crippen molar-refractivity contribution in [3.05, 3.63) is 17.5 Å². The van der Waals surface area contributed by atoms with Crippen LogP contribution in [-0.2, 0) is 0 Å². The van der Waals surface area contributed by atoms with Gasteiger partial charge >= 0.3 is 5.97 Å². The Hall–Kier alpha value is -1.89.